The fourth-order valence-electron chi connectivity index (χ4n) is 2.29. The quantitative estimate of drug-likeness (QED) is 0.731. The van der Waals surface area contributed by atoms with Crippen molar-refractivity contribution in [2.45, 2.75) is 38.3 Å². The average Bonchev–Trinajstić information content (AvgIpc) is 2.62. The summed E-state index contributed by atoms with van der Waals surface area (Å²) in [5, 5.41) is 2.66. The van der Waals surface area contributed by atoms with Crippen molar-refractivity contribution in [3.8, 4) is 5.75 Å². The SMILES string of the molecule is CCOc1ccc(S(=O)(=O)N[C@H](C)C(=O)NCc2ccccn2)cc1C. The van der Waals surface area contributed by atoms with E-state index in [0.717, 1.165) is 0 Å². The van der Waals surface area contributed by atoms with Gasteiger partial charge in [-0.25, -0.2) is 8.42 Å². The second kappa shape index (κ2) is 8.77. The number of ether oxygens (including phenoxy) is 1. The summed E-state index contributed by atoms with van der Waals surface area (Å²) in [6.45, 7) is 5.85. The summed E-state index contributed by atoms with van der Waals surface area (Å²) in [5.41, 5.74) is 1.40. The maximum absolute atomic E-state index is 12.5. The molecule has 1 atom stereocenters. The molecule has 0 fully saturated rings. The standard InChI is InChI=1S/C18H23N3O4S/c1-4-25-17-9-8-16(11-13(17)2)26(23,24)21-14(3)18(22)20-12-15-7-5-6-10-19-15/h5-11,14,21H,4,12H2,1-3H3,(H,20,22)/t14-/m1/s1. The number of nitrogens with zero attached hydrogens (tertiary/aromatic N) is 1. The minimum absolute atomic E-state index is 0.0860. The van der Waals surface area contributed by atoms with Crippen molar-refractivity contribution in [2.75, 3.05) is 6.61 Å². The van der Waals surface area contributed by atoms with Crippen LogP contribution in [0.25, 0.3) is 0 Å². The van der Waals surface area contributed by atoms with Gasteiger partial charge in [-0.3, -0.25) is 9.78 Å². The molecule has 0 saturated heterocycles. The fraction of sp³-hybridized carbons (Fsp3) is 0.333. The molecule has 0 aliphatic rings. The van der Waals surface area contributed by atoms with Gasteiger partial charge in [-0.2, -0.15) is 4.72 Å². The molecule has 0 bridgehead atoms. The van der Waals surface area contributed by atoms with Crippen molar-refractivity contribution < 1.29 is 17.9 Å². The number of aromatic nitrogens is 1. The number of hydrogen-bond donors (Lipinski definition) is 2. The van der Waals surface area contributed by atoms with Gasteiger partial charge in [-0.1, -0.05) is 6.07 Å². The lowest BCUT2D eigenvalue weighted by molar-refractivity contribution is -0.122. The predicted octanol–water partition coefficient (Wildman–Crippen LogP) is 1.77. The fourth-order valence-corrected chi connectivity index (χ4v) is 3.58. The van der Waals surface area contributed by atoms with E-state index in [2.05, 4.69) is 15.0 Å². The van der Waals surface area contributed by atoms with Crippen LogP contribution >= 0.6 is 0 Å². The monoisotopic (exact) mass is 377 g/mol. The average molecular weight is 377 g/mol. The topological polar surface area (TPSA) is 97.4 Å². The first kappa shape index (κ1) is 19.9. The smallest absolute Gasteiger partial charge is 0.241 e. The van der Waals surface area contributed by atoms with E-state index in [0.29, 0.717) is 23.6 Å². The van der Waals surface area contributed by atoms with Crippen LogP contribution in [0.15, 0.2) is 47.5 Å². The first-order valence-electron chi connectivity index (χ1n) is 8.27. The maximum Gasteiger partial charge on any atom is 0.241 e. The van der Waals surface area contributed by atoms with E-state index in [9.17, 15) is 13.2 Å². The molecule has 2 aromatic rings. The lowest BCUT2D eigenvalue weighted by atomic mass is 10.2. The third-order valence-corrected chi connectivity index (χ3v) is 5.19. The van der Waals surface area contributed by atoms with E-state index in [-0.39, 0.29) is 11.4 Å². The Morgan fingerprint density at radius 1 is 1.27 bits per heavy atom. The highest BCUT2D eigenvalue weighted by molar-refractivity contribution is 7.89. The highest BCUT2D eigenvalue weighted by atomic mass is 32.2. The van der Waals surface area contributed by atoms with Crippen molar-refractivity contribution >= 4 is 15.9 Å². The molecule has 0 saturated carbocycles. The number of sulfonamides is 1. The Labute approximate surface area is 153 Å². The van der Waals surface area contributed by atoms with Gasteiger partial charge < -0.3 is 10.1 Å². The molecule has 2 rings (SSSR count). The molecule has 0 spiro atoms. The van der Waals surface area contributed by atoms with Crippen molar-refractivity contribution in [3.05, 3.63) is 53.9 Å². The molecule has 0 radical (unpaired) electrons. The molecular weight excluding hydrogens is 354 g/mol. The number of carbonyl (C=O) groups excluding carboxylic acids is 1. The number of amides is 1. The third-order valence-electron chi connectivity index (χ3n) is 3.65. The molecule has 0 aliphatic carbocycles. The van der Waals surface area contributed by atoms with Crippen LogP contribution in [0.4, 0.5) is 0 Å². The highest BCUT2D eigenvalue weighted by Gasteiger charge is 2.22. The molecule has 8 heteroatoms. The highest BCUT2D eigenvalue weighted by Crippen LogP contribution is 2.21. The van der Waals surface area contributed by atoms with Gasteiger partial charge in [0.1, 0.15) is 5.75 Å². The Morgan fingerprint density at radius 2 is 2.04 bits per heavy atom. The van der Waals surface area contributed by atoms with Gasteiger partial charge in [0.15, 0.2) is 0 Å². The summed E-state index contributed by atoms with van der Waals surface area (Å²) in [4.78, 5) is 16.3. The largest absolute Gasteiger partial charge is 0.494 e. The van der Waals surface area contributed by atoms with Crippen LogP contribution < -0.4 is 14.8 Å². The van der Waals surface area contributed by atoms with Gasteiger partial charge in [0.25, 0.3) is 0 Å². The molecule has 0 unspecified atom stereocenters. The van der Waals surface area contributed by atoms with E-state index < -0.39 is 22.0 Å². The summed E-state index contributed by atoms with van der Waals surface area (Å²) in [5.74, 6) is 0.203. The van der Waals surface area contributed by atoms with Crippen LogP contribution in [0.1, 0.15) is 25.1 Å². The molecule has 140 valence electrons. The van der Waals surface area contributed by atoms with Gasteiger partial charge in [0, 0.05) is 6.20 Å². The zero-order valence-corrected chi connectivity index (χ0v) is 15.8. The first-order chi connectivity index (χ1) is 12.3. The van der Waals surface area contributed by atoms with Gasteiger partial charge in [-0.15, -0.1) is 0 Å². The number of benzene rings is 1. The minimum atomic E-state index is -3.82. The Balaban J connectivity index is 2.01. The van der Waals surface area contributed by atoms with Gasteiger partial charge in [0.2, 0.25) is 15.9 Å². The van der Waals surface area contributed by atoms with E-state index in [1.807, 2.05) is 13.0 Å². The van der Waals surface area contributed by atoms with E-state index >= 15 is 0 Å². The van der Waals surface area contributed by atoms with Crippen molar-refractivity contribution in [2.24, 2.45) is 0 Å². The van der Waals surface area contributed by atoms with Crippen molar-refractivity contribution in [3.63, 3.8) is 0 Å². The summed E-state index contributed by atoms with van der Waals surface area (Å²) in [6.07, 6.45) is 1.63. The number of rotatable bonds is 8. The van der Waals surface area contributed by atoms with E-state index in [4.69, 9.17) is 4.74 Å². The third kappa shape index (κ3) is 5.27. The van der Waals surface area contributed by atoms with Crippen LogP contribution in [0.2, 0.25) is 0 Å². The van der Waals surface area contributed by atoms with Crippen molar-refractivity contribution in [1.82, 2.24) is 15.0 Å². The van der Waals surface area contributed by atoms with E-state index in [1.165, 1.54) is 19.1 Å². The van der Waals surface area contributed by atoms with E-state index in [1.54, 1.807) is 31.3 Å². The number of nitrogens with one attached hydrogen (secondary N) is 2. The zero-order chi connectivity index (χ0) is 19.2. The Kier molecular flexibility index (Phi) is 6.70. The number of carbonyl (C=O) groups is 1. The van der Waals surface area contributed by atoms with Gasteiger partial charge in [0.05, 0.1) is 29.8 Å². The number of aryl methyl sites for hydroxylation is 1. The van der Waals surface area contributed by atoms with Crippen LogP contribution in [-0.2, 0) is 21.4 Å². The molecule has 1 aromatic heterocycles. The minimum Gasteiger partial charge on any atom is -0.494 e. The van der Waals surface area contributed by atoms with Crippen molar-refractivity contribution in [1.29, 1.82) is 0 Å². The van der Waals surface area contributed by atoms with Crippen LogP contribution in [-0.4, -0.2) is 32.0 Å². The van der Waals surface area contributed by atoms with Crippen LogP contribution in [0, 0.1) is 6.92 Å². The molecular formula is C18H23N3O4S. The number of pyridine rings is 1. The molecule has 2 N–H and O–H groups in total. The Bertz CT molecular complexity index is 854. The molecule has 1 heterocycles. The summed E-state index contributed by atoms with van der Waals surface area (Å²) in [7, 11) is -3.82. The molecule has 0 aliphatic heterocycles. The summed E-state index contributed by atoms with van der Waals surface area (Å²) < 4.78 is 32.8. The zero-order valence-electron chi connectivity index (χ0n) is 15.0. The lowest BCUT2D eigenvalue weighted by Gasteiger charge is -2.15. The predicted molar refractivity (Wildman–Crippen MR) is 98.2 cm³/mol. The molecule has 7 nitrogen and oxygen atoms in total. The Hall–Kier alpha value is -2.45. The van der Waals surface area contributed by atoms with Gasteiger partial charge >= 0.3 is 0 Å². The Morgan fingerprint density at radius 3 is 2.65 bits per heavy atom. The second-order valence-electron chi connectivity index (χ2n) is 5.74. The molecule has 1 aromatic carbocycles. The molecule has 1 amide bonds. The number of hydrogen-bond acceptors (Lipinski definition) is 5. The lowest BCUT2D eigenvalue weighted by Crippen LogP contribution is -2.44. The van der Waals surface area contributed by atoms with Crippen LogP contribution in [0.3, 0.4) is 0 Å². The molecule has 26 heavy (non-hydrogen) atoms. The summed E-state index contributed by atoms with van der Waals surface area (Å²) >= 11 is 0. The van der Waals surface area contributed by atoms with Gasteiger partial charge in [-0.05, 0) is 56.7 Å². The first-order valence-corrected chi connectivity index (χ1v) is 9.75. The van der Waals surface area contributed by atoms with Crippen LogP contribution in [0.5, 0.6) is 5.75 Å². The summed E-state index contributed by atoms with van der Waals surface area (Å²) in [6, 6.07) is 9.04. The normalized spacial score (nSPS) is 12.4. The maximum atomic E-state index is 12.5. The second-order valence-corrected chi connectivity index (χ2v) is 7.46.